The summed E-state index contributed by atoms with van der Waals surface area (Å²) >= 11 is 0. The second kappa shape index (κ2) is 7.85. The fraction of sp³-hybridized carbons (Fsp3) is 0.360. The van der Waals surface area contributed by atoms with Crippen LogP contribution in [-0.2, 0) is 0 Å². The van der Waals surface area contributed by atoms with E-state index in [1.54, 1.807) is 18.2 Å². The zero-order chi connectivity index (χ0) is 21.5. The summed E-state index contributed by atoms with van der Waals surface area (Å²) in [5.41, 5.74) is 0.535. The monoisotopic (exact) mass is 417 g/mol. The minimum atomic E-state index is -0.506. The molecule has 6 nitrogen and oxygen atoms in total. The summed E-state index contributed by atoms with van der Waals surface area (Å²) in [5.74, 6) is -0.746. The summed E-state index contributed by atoms with van der Waals surface area (Å²) in [4.78, 5) is 29.2. The van der Waals surface area contributed by atoms with Gasteiger partial charge in [-0.05, 0) is 57.0 Å². The molecule has 2 aliphatic heterocycles. The van der Waals surface area contributed by atoms with Crippen LogP contribution in [0.3, 0.4) is 0 Å². The fourth-order valence-electron chi connectivity index (χ4n) is 5.36. The van der Waals surface area contributed by atoms with E-state index in [1.807, 2.05) is 36.4 Å². The summed E-state index contributed by atoms with van der Waals surface area (Å²) in [7, 11) is 2.17. The van der Waals surface area contributed by atoms with Gasteiger partial charge in [0.25, 0.3) is 11.5 Å². The summed E-state index contributed by atoms with van der Waals surface area (Å²) in [5, 5.41) is 14.5. The minimum absolute atomic E-state index is 0.00875. The number of hydrogen-bond acceptors (Lipinski definition) is 4. The number of benzene rings is 2. The third kappa shape index (κ3) is 3.41. The standard InChI is InChI=1S/C25H27N3O3/c1-27-18-10-7-11-19(27)15-16(14-18)26-24(30)22-23(29)20-12-5-6-13-21(20)28(25(22)31)17-8-3-2-4-9-17/h2-6,8-9,12-13,16,18-19,29H,7,10-11,14-15H2,1H3,(H,26,30). The molecule has 2 fully saturated rings. The number of piperidine rings is 2. The molecule has 1 amide bonds. The van der Waals surface area contributed by atoms with E-state index in [4.69, 9.17) is 0 Å². The summed E-state index contributed by atoms with van der Waals surface area (Å²) < 4.78 is 1.51. The van der Waals surface area contributed by atoms with Crippen LogP contribution >= 0.6 is 0 Å². The van der Waals surface area contributed by atoms with Gasteiger partial charge in [-0.25, -0.2) is 0 Å². The van der Waals surface area contributed by atoms with Crippen molar-refractivity contribution in [3.63, 3.8) is 0 Å². The third-order valence-electron chi connectivity index (χ3n) is 6.97. The largest absolute Gasteiger partial charge is 0.506 e. The van der Waals surface area contributed by atoms with Crippen molar-refractivity contribution in [2.75, 3.05) is 7.05 Å². The topological polar surface area (TPSA) is 74.6 Å². The highest BCUT2D eigenvalue weighted by Gasteiger charge is 2.37. The predicted molar refractivity (Wildman–Crippen MR) is 121 cm³/mol. The Morgan fingerprint density at radius 3 is 2.35 bits per heavy atom. The number of nitrogens with one attached hydrogen (secondary N) is 1. The number of carbonyl (C=O) groups excluding carboxylic acids is 1. The number of aromatic nitrogens is 1. The molecule has 0 saturated carbocycles. The van der Waals surface area contributed by atoms with Crippen LogP contribution in [0.1, 0.15) is 42.5 Å². The van der Waals surface area contributed by atoms with E-state index >= 15 is 0 Å². The molecule has 2 bridgehead atoms. The Hall–Kier alpha value is -3.12. The molecule has 1 aromatic heterocycles. The van der Waals surface area contributed by atoms with Crippen molar-refractivity contribution in [2.45, 2.75) is 50.2 Å². The van der Waals surface area contributed by atoms with Crippen LogP contribution in [0.5, 0.6) is 5.75 Å². The third-order valence-corrected chi connectivity index (χ3v) is 6.97. The minimum Gasteiger partial charge on any atom is -0.506 e. The van der Waals surface area contributed by atoms with Crippen molar-refractivity contribution in [1.82, 2.24) is 14.8 Å². The molecule has 0 aliphatic carbocycles. The van der Waals surface area contributed by atoms with Gasteiger partial charge in [0.2, 0.25) is 0 Å². The van der Waals surface area contributed by atoms with Crippen molar-refractivity contribution in [3.05, 3.63) is 70.5 Å². The second-order valence-corrected chi connectivity index (χ2v) is 8.76. The molecular weight excluding hydrogens is 390 g/mol. The van der Waals surface area contributed by atoms with Crippen molar-refractivity contribution >= 4 is 16.8 Å². The van der Waals surface area contributed by atoms with Gasteiger partial charge in [0.15, 0.2) is 0 Å². The van der Waals surface area contributed by atoms with Crippen LogP contribution < -0.4 is 10.9 Å². The molecule has 6 heteroatoms. The number of aromatic hydroxyl groups is 1. The maximum atomic E-state index is 13.5. The van der Waals surface area contributed by atoms with Gasteiger partial charge in [-0.3, -0.25) is 14.2 Å². The number of carbonyl (C=O) groups is 1. The average molecular weight is 418 g/mol. The number of amides is 1. The van der Waals surface area contributed by atoms with Gasteiger partial charge < -0.3 is 15.3 Å². The summed E-state index contributed by atoms with van der Waals surface area (Å²) in [6.45, 7) is 0. The molecule has 2 aromatic carbocycles. The van der Waals surface area contributed by atoms with Gasteiger partial charge in [0.1, 0.15) is 11.3 Å². The van der Waals surface area contributed by atoms with E-state index in [0.29, 0.717) is 28.7 Å². The van der Waals surface area contributed by atoms with E-state index in [0.717, 1.165) is 25.7 Å². The fourth-order valence-corrected chi connectivity index (χ4v) is 5.36. The Morgan fingerprint density at radius 1 is 1.00 bits per heavy atom. The van der Waals surface area contributed by atoms with Gasteiger partial charge in [0.05, 0.1) is 5.52 Å². The maximum absolute atomic E-state index is 13.5. The molecule has 5 rings (SSSR count). The van der Waals surface area contributed by atoms with Crippen LogP contribution in [0.4, 0.5) is 0 Å². The Balaban J connectivity index is 1.56. The zero-order valence-electron chi connectivity index (χ0n) is 17.6. The molecule has 2 atom stereocenters. The van der Waals surface area contributed by atoms with E-state index in [-0.39, 0.29) is 17.4 Å². The van der Waals surface area contributed by atoms with Gasteiger partial charge in [-0.2, -0.15) is 0 Å². The lowest BCUT2D eigenvalue weighted by Gasteiger charge is -2.47. The highest BCUT2D eigenvalue weighted by Crippen LogP contribution is 2.33. The Labute approximate surface area is 181 Å². The molecule has 3 aromatic rings. The first-order valence-electron chi connectivity index (χ1n) is 11.0. The second-order valence-electron chi connectivity index (χ2n) is 8.76. The first-order valence-corrected chi connectivity index (χ1v) is 11.0. The van der Waals surface area contributed by atoms with E-state index in [2.05, 4.69) is 17.3 Å². The quantitative estimate of drug-likeness (QED) is 0.685. The number of pyridine rings is 1. The number of para-hydroxylation sites is 2. The first kappa shape index (κ1) is 19.8. The van der Waals surface area contributed by atoms with Crippen LogP contribution in [0.2, 0.25) is 0 Å². The SMILES string of the molecule is CN1C2CCCC1CC(NC(=O)c1c(O)c3ccccc3n(-c3ccccc3)c1=O)C2. The van der Waals surface area contributed by atoms with Gasteiger partial charge >= 0.3 is 0 Å². The van der Waals surface area contributed by atoms with Crippen molar-refractivity contribution in [3.8, 4) is 11.4 Å². The van der Waals surface area contributed by atoms with Crippen molar-refractivity contribution in [2.24, 2.45) is 0 Å². The van der Waals surface area contributed by atoms with E-state index in [1.165, 1.54) is 11.0 Å². The molecule has 0 spiro atoms. The highest BCUT2D eigenvalue weighted by atomic mass is 16.3. The molecule has 2 N–H and O–H groups in total. The molecule has 3 heterocycles. The van der Waals surface area contributed by atoms with Gasteiger partial charge in [0, 0.05) is 29.2 Å². The van der Waals surface area contributed by atoms with Gasteiger partial charge in [-0.1, -0.05) is 36.8 Å². The zero-order valence-corrected chi connectivity index (χ0v) is 17.6. The predicted octanol–water partition coefficient (Wildman–Crippen LogP) is 3.44. The molecule has 31 heavy (non-hydrogen) atoms. The molecule has 160 valence electrons. The van der Waals surface area contributed by atoms with Crippen molar-refractivity contribution < 1.29 is 9.90 Å². The Morgan fingerprint density at radius 2 is 1.65 bits per heavy atom. The molecule has 0 radical (unpaired) electrons. The first-order chi connectivity index (χ1) is 15.0. The molecule has 2 saturated heterocycles. The normalized spacial score (nSPS) is 23.6. The van der Waals surface area contributed by atoms with Crippen LogP contribution in [0.25, 0.3) is 16.6 Å². The van der Waals surface area contributed by atoms with Crippen LogP contribution in [0, 0.1) is 0 Å². The smallest absolute Gasteiger partial charge is 0.272 e. The maximum Gasteiger partial charge on any atom is 0.272 e. The average Bonchev–Trinajstić information content (AvgIpc) is 2.75. The number of nitrogens with zero attached hydrogens (tertiary/aromatic N) is 2. The summed E-state index contributed by atoms with van der Waals surface area (Å²) in [6.07, 6.45) is 5.26. The molecule has 2 unspecified atom stereocenters. The van der Waals surface area contributed by atoms with E-state index in [9.17, 15) is 14.7 Å². The lowest BCUT2D eigenvalue weighted by atomic mass is 9.82. The Bertz CT molecular complexity index is 1170. The molecular formula is C25H27N3O3. The lowest BCUT2D eigenvalue weighted by Crippen LogP contribution is -2.55. The lowest BCUT2D eigenvalue weighted by molar-refractivity contribution is 0.0462. The summed E-state index contributed by atoms with van der Waals surface area (Å²) in [6, 6.07) is 17.3. The van der Waals surface area contributed by atoms with Crippen LogP contribution in [0.15, 0.2) is 59.4 Å². The van der Waals surface area contributed by atoms with Crippen molar-refractivity contribution in [1.29, 1.82) is 0 Å². The number of hydrogen-bond donors (Lipinski definition) is 2. The van der Waals surface area contributed by atoms with E-state index < -0.39 is 11.5 Å². The number of rotatable bonds is 3. The highest BCUT2D eigenvalue weighted by molar-refractivity contribution is 6.02. The Kier molecular flexibility index (Phi) is 5.02. The van der Waals surface area contributed by atoms with Gasteiger partial charge in [-0.15, -0.1) is 0 Å². The molecule has 2 aliphatic rings. The number of fused-ring (bicyclic) bond motifs is 3. The van der Waals surface area contributed by atoms with Crippen LogP contribution in [-0.4, -0.2) is 45.7 Å².